The Labute approximate surface area is 527 Å². The molecule has 0 saturated heterocycles. The molecule has 0 bridgehead atoms. The molecule has 0 aliphatic rings. The van der Waals surface area contributed by atoms with E-state index in [1.165, 1.54) is 180 Å². The highest BCUT2D eigenvalue weighted by Gasteiger charge is 2.24. The molecule has 0 aromatic carbocycles. The molecular formula is C76H137N2O6P. The molecule has 0 saturated carbocycles. The van der Waals surface area contributed by atoms with E-state index in [1.54, 1.807) is 0 Å². The molecule has 0 radical (unpaired) electrons. The molecule has 0 rings (SSSR count). The number of allylic oxidation sites excluding steroid dienone is 18. The zero-order chi connectivity index (χ0) is 61.9. The summed E-state index contributed by atoms with van der Waals surface area (Å²) < 4.78 is 23.5. The molecule has 0 aliphatic carbocycles. The smallest absolute Gasteiger partial charge is 0.268 e. The van der Waals surface area contributed by atoms with Crippen LogP contribution < -0.4 is 10.2 Å². The normalized spacial score (nSPS) is 14.3. The van der Waals surface area contributed by atoms with Crippen molar-refractivity contribution in [2.75, 3.05) is 40.9 Å². The van der Waals surface area contributed by atoms with Gasteiger partial charge < -0.3 is 28.8 Å². The second-order valence-corrected chi connectivity index (χ2v) is 26.6. The molecule has 2 N–H and O–H groups in total. The number of amides is 1. The molecular weight excluding hydrogens is 1070 g/mol. The fraction of sp³-hybridized carbons (Fsp3) is 0.750. The number of phosphoric acid groups is 1. The summed E-state index contributed by atoms with van der Waals surface area (Å²) in [6, 6.07) is -0.817. The van der Waals surface area contributed by atoms with E-state index in [1.807, 2.05) is 21.1 Å². The Bertz CT molecular complexity index is 1760. The first kappa shape index (κ1) is 82.2. The van der Waals surface area contributed by atoms with Gasteiger partial charge in [0.1, 0.15) is 13.2 Å². The Morgan fingerprint density at radius 1 is 0.424 bits per heavy atom. The van der Waals surface area contributed by atoms with Gasteiger partial charge in [-0.3, -0.25) is 9.36 Å². The Morgan fingerprint density at radius 2 is 0.718 bits per heavy atom. The molecule has 9 heteroatoms. The first-order valence-corrected chi connectivity index (χ1v) is 37.2. The van der Waals surface area contributed by atoms with Crippen molar-refractivity contribution in [3.63, 3.8) is 0 Å². The average molecular weight is 1210 g/mol. The highest BCUT2D eigenvalue weighted by atomic mass is 31.2. The minimum Gasteiger partial charge on any atom is -0.756 e. The number of unbranched alkanes of at least 4 members (excludes halogenated alkanes) is 34. The van der Waals surface area contributed by atoms with E-state index in [9.17, 15) is 19.4 Å². The van der Waals surface area contributed by atoms with Crippen LogP contribution in [-0.4, -0.2) is 68.5 Å². The molecule has 0 aliphatic heterocycles. The number of phosphoric ester groups is 1. The number of rotatable bonds is 65. The van der Waals surface area contributed by atoms with Crippen molar-refractivity contribution in [3.8, 4) is 0 Å². The van der Waals surface area contributed by atoms with Gasteiger partial charge in [-0.1, -0.05) is 335 Å². The molecule has 0 spiro atoms. The maximum Gasteiger partial charge on any atom is 0.268 e. The van der Waals surface area contributed by atoms with Crippen LogP contribution in [-0.2, 0) is 18.4 Å². The number of hydrogen-bond donors (Lipinski definition) is 2. The highest BCUT2D eigenvalue weighted by Crippen LogP contribution is 2.38. The summed E-state index contributed by atoms with van der Waals surface area (Å²) in [6.07, 6.45) is 95.9. The third-order valence-electron chi connectivity index (χ3n) is 15.8. The summed E-state index contributed by atoms with van der Waals surface area (Å²) in [4.78, 5) is 25.7. The lowest BCUT2D eigenvalue weighted by molar-refractivity contribution is -0.870. The summed E-state index contributed by atoms with van der Waals surface area (Å²) in [7, 11) is 1.29. The van der Waals surface area contributed by atoms with E-state index in [2.05, 4.69) is 129 Å². The van der Waals surface area contributed by atoms with E-state index >= 15 is 0 Å². The maximum absolute atomic E-state index is 13.1. The molecule has 0 aromatic rings. The predicted molar refractivity (Wildman–Crippen MR) is 371 cm³/mol. The van der Waals surface area contributed by atoms with Crippen LogP contribution in [0, 0.1) is 0 Å². The van der Waals surface area contributed by atoms with Crippen molar-refractivity contribution in [3.05, 3.63) is 109 Å². The Morgan fingerprint density at radius 3 is 1.05 bits per heavy atom. The first-order chi connectivity index (χ1) is 41.5. The third-order valence-corrected chi connectivity index (χ3v) is 16.7. The minimum atomic E-state index is -4.59. The molecule has 1 amide bonds. The quantitative estimate of drug-likeness (QED) is 0.0272. The monoisotopic (exact) mass is 1210 g/mol. The number of carbonyl (C=O) groups excluding carboxylic acids is 1. The zero-order valence-electron chi connectivity index (χ0n) is 56.3. The summed E-state index contributed by atoms with van der Waals surface area (Å²) in [5.41, 5.74) is 0. The number of quaternary nitrogens is 1. The largest absolute Gasteiger partial charge is 0.756 e. The van der Waals surface area contributed by atoms with Crippen molar-refractivity contribution >= 4 is 13.7 Å². The van der Waals surface area contributed by atoms with Crippen molar-refractivity contribution in [2.24, 2.45) is 0 Å². The first-order valence-electron chi connectivity index (χ1n) is 35.7. The molecule has 8 nitrogen and oxygen atoms in total. The van der Waals surface area contributed by atoms with E-state index < -0.39 is 20.0 Å². The van der Waals surface area contributed by atoms with Crippen molar-refractivity contribution < 1.29 is 32.9 Å². The Kier molecular flexibility index (Phi) is 63.4. The summed E-state index contributed by atoms with van der Waals surface area (Å²) in [6.45, 7) is 4.63. The van der Waals surface area contributed by atoms with Crippen LogP contribution in [0.3, 0.4) is 0 Å². The molecule has 0 fully saturated rings. The second kappa shape index (κ2) is 65.6. The van der Waals surface area contributed by atoms with Crippen LogP contribution in [0.5, 0.6) is 0 Å². The SMILES string of the molecule is CC/C=C\C/C=C\C/C=C\C/C=C\C/C=C\C/C=C\C/C=C\C/C=C\C/C=C\CCCCCCCCCC(=O)NC(COP(=O)([O-])OCC[N+](C)(C)C)C(O)CCCCCCCCCCCCCCCCCCCCCCCCCCCCCC. The van der Waals surface area contributed by atoms with E-state index in [0.29, 0.717) is 23.9 Å². The van der Waals surface area contributed by atoms with E-state index in [4.69, 9.17) is 9.05 Å². The number of hydrogen-bond acceptors (Lipinski definition) is 6. The number of aliphatic hydroxyl groups excluding tert-OH is 1. The minimum absolute atomic E-state index is 0.00510. The van der Waals surface area contributed by atoms with Crippen LogP contribution in [0.2, 0.25) is 0 Å². The third kappa shape index (κ3) is 68.5. The molecule has 0 aromatic heterocycles. The lowest BCUT2D eigenvalue weighted by Crippen LogP contribution is -2.46. The van der Waals surface area contributed by atoms with Crippen LogP contribution in [0.25, 0.3) is 0 Å². The van der Waals surface area contributed by atoms with Crippen LogP contribution in [0.1, 0.15) is 316 Å². The van der Waals surface area contributed by atoms with Crippen molar-refractivity contribution in [1.29, 1.82) is 0 Å². The molecule has 3 unspecified atom stereocenters. The Balaban J connectivity index is 4.11. The van der Waals surface area contributed by atoms with Gasteiger partial charge in [0.05, 0.1) is 39.9 Å². The fourth-order valence-electron chi connectivity index (χ4n) is 10.3. The molecule has 85 heavy (non-hydrogen) atoms. The standard InChI is InChI=1S/C76H137N2O6P/c1-6-8-10-12-14-16-18-20-22-24-26-28-30-32-34-36-37-38-39-40-41-42-44-46-48-50-52-54-56-58-60-62-64-66-68-70-76(80)77-74(73-84-85(81,82)83-72-71-78(3,4)5)75(79)69-67-65-63-61-59-57-55-53-51-49-47-45-43-35-33-31-29-27-25-23-21-19-17-15-13-11-9-7-2/h8,10,14,16,20,22,26,28,32,34,37-38,40-41,44,46,50,52,74-75,79H,6-7,9,11-13,15,17-19,21,23-25,27,29-31,33,35-36,39,42-43,45,47-49,51,53-73H2,1-5H3,(H-,77,80,81,82)/b10-8-,16-14-,22-20-,28-26-,34-32-,38-37-,41-40-,46-44-,52-50-. The zero-order valence-corrected chi connectivity index (χ0v) is 57.2. The number of carbonyl (C=O) groups is 1. The summed E-state index contributed by atoms with van der Waals surface area (Å²) in [5.74, 6) is -0.176. The van der Waals surface area contributed by atoms with E-state index in [-0.39, 0.29) is 19.1 Å². The van der Waals surface area contributed by atoms with Crippen LogP contribution in [0.4, 0.5) is 0 Å². The molecule has 492 valence electrons. The van der Waals surface area contributed by atoms with Gasteiger partial charge in [0, 0.05) is 6.42 Å². The maximum atomic E-state index is 13.1. The van der Waals surface area contributed by atoms with Crippen molar-refractivity contribution in [2.45, 2.75) is 328 Å². The molecule has 3 atom stereocenters. The lowest BCUT2D eigenvalue weighted by atomic mass is 10.0. The summed E-state index contributed by atoms with van der Waals surface area (Å²) >= 11 is 0. The van der Waals surface area contributed by atoms with Gasteiger partial charge in [-0.05, 0) is 83.5 Å². The van der Waals surface area contributed by atoms with E-state index in [0.717, 1.165) is 109 Å². The van der Waals surface area contributed by atoms with Crippen LogP contribution >= 0.6 is 7.82 Å². The van der Waals surface area contributed by atoms with Crippen LogP contribution in [0.15, 0.2) is 109 Å². The second-order valence-electron chi connectivity index (χ2n) is 25.2. The summed E-state index contributed by atoms with van der Waals surface area (Å²) in [5, 5.41) is 14.1. The average Bonchev–Trinajstić information content (AvgIpc) is 3.48. The van der Waals surface area contributed by atoms with Gasteiger partial charge >= 0.3 is 0 Å². The predicted octanol–water partition coefficient (Wildman–Crippen LogP) is 22.4. The topological polar surface area (TPSA) is 108 Å². The lowest BCUT2D eigenvalue weighted by Gasteiger charge is -2.30. The van der Waals surface area contributed by atoms with Gasteiger partial charge in [0.25, 0.3) is 7.82 Å². The highest BCUT2D eigenvalue weighted by molar-refractivity contribution is 7.45. The number of nitrogens with one attached hydrogen (secondary N) is 1. The van der Waals surface area contributed by atoms with Gasteiger partial charge in [0.15, 0.2) is 0 Å². The number of nitrogens with zero attached hydrogens (tertiary/aromatic N) is 1. The number of aliphatic hydroxyl groups is 1. The number of likely N-dealkylation sites (N-methyl/N-ethyl adjacent to an activating group) is 1. The fourth-order valence-corrected chi connectivity index (χ4v) is 11.0. The van der Waals surface area contributed by atoms with Gasteiger partial charge in [-0.2, -0.15) is 0 Å². The Hall–Kier alpha value is -2.84. The van der Waals surface area contributed by atoms with Gasteiger partial charge in [-0.25, -0.2) is 0 Å². The van der Waals surface area contributed by atoms with Gasteiger partial charge in [-0.15, -0.1) is 0 Å². The van der Waals surface area contributed by atoms with Crippen molar-refractivity contribution in [1.82, 2.24) is 5.32 Å². The molecule has 0 heterocycles. The van der Waals surface area contributed by atoms with Gasteiger partial charge in [0.2, 0.25) is 5.91 Å².